The van der Waals surface area contributed by atoms with Crippen LogP contribution in [0.1, 0.15) is 5.89 Å². The number of hydrogen-bond donors (Lipinski definition) is 1. The van der Waals surface area contributed by atoms with Gasteiger partial charge in [0.05, 0.1) is 41.7 Å². The third-order valence-electron chi connectivity index (χ3n) is 4.81. The molecule has 4 heterocycles. The summed E-state index contributed by atoms with van der Waals surface area (Å²) in [5.74, 6) is 1.67. The largest absolute Gasteiger partial charge is 0.439 e. The minimum atomic E-state index is -0.280. The van der Waals surface area contributed by atoms with Crippen molar-refractivity contribution in [3.8, 4) is 22.8 Å². The second kappa shape index (κ2) is 7.07. The Morgan fingerprint density at radius 3 is 2.50 bits per heavy atom. The maximum Gasteiger partial charge on any atom is 0.191 e. The van der Waals surface area contributed by atoms with Crippen LogP contribution in [0.5, 0.6) is 0 Å². The molecule has 0 radical (unpaired) electrons. The highest BCUT2D eigenvalue weighted by atomic mass is 19.1. The minimum Gasteiger partial charge on any atom is -0.439 e. The van der Waals surface area contributed by atoms with Crippen molar-refractivity contribution in [3.05, 3.63) is 72.9 Å². The van der Waals surface area contributed by atoms with E-state index in [1.165, 1.54) is 12.1 Å². The predicted molar refractivity (Wildman–Crippen MR) is 112 cm³/mol. The molecule has 1 N–H and O–H groups in total. The number of nitrogens with one attached hydrogen (secondary N) is 1. The highest BCUT2D eigenvalue weighted by molar-refractivity contribution is 5.92. The van der Waals surface area contributed by atoms with Crippen molar-refractivity contribution in [1.29, 1.82) is 0 Å². The summed E-state index contributed by atoms with van der Waals surface area (Å²) in [6, 6.07) is 10.0. The molecule has 0 aliphatic carbocycles. The number of halogens is 1. The van der Waals surface area contributed by atoms with Gasteiger partial charge >= 0.3 is 0 Å². The van der Waals surface area contributed by atoms with Gasteiger partial charge in [-0.05, 0) is 36.4 Å². The molecule has 0 amide bonds. The fourth-order valence-corrected chi connectivity index (χ4v) is 3.30. The maximum absolute atomic E-state index is 13.3. The van der Waals surface area contributed by atoms with Gasteiger partial charge in [0.15, 0.2) is 11.7 Å². The first-order valence-electron chi connectivity index (χ1n) is 9.31. The lowest BCUT2D eigenvalue weighted by molar-refractivity contribution is 0.532. The number of fused-ring (bicyclic) bond motifs is 1. The van der Waals surface area contributed by atoms with E-state index in [0.29, 0.717) is 17.3 Å². The molecule has 5 rings (SSSR count). The number of hydrogen-bond acceptors (Lipinski definition) is 6. The molecule has 0 saturated heterocycles. The number of anilines is 2. The molecule has 8 heteroatoms. The van der Waals surface area contributed by atoms with Crippen molar-refractivity contribution in [3.63, 3.8) is 0 Å². The van der Waals surface area contributed by atoms with E-state index in [1.54, 1.807) is 43.8 Å². The van der Waals surface area contributed by atoms with Gasteiger partial charge in [-0.25, -0.2) is 14.4 Å². The van der Waals surface area contributed by atoms with Crippen molar-refractivity contribution >= 4 is 22.4 Å². The fourth-order valence-electron chi connectivity index (χ4n) is 3.30. The van der Waals surface area contributed by atoms with E-state index in [2.05, 4.69) is 20.3 Å². The number of aromatic nitrogens is 5. The van der Waals surface area contributed by atoms with Gasteiger partial charge in [-0.2, -0.15) is 0 Å². The average Bonchev–Trinajstić information content (AvgIpc) is 3.34. The molecule has 7 nitrogen and oxygen atoms in total. The van der Waals surface area contributed by atoms with Crippen LogP contribution in [0.15, 0.2) is 65.6 Å². The Morgan fingerprint density at radius 2 is 1.80 bits per heavy atom. The molecule has 4 aromatic heterocycles. The molecular weight excluding hydrogens is 383 g/mol. The molecule has 0 spiro atoms. The Morgan fingerprint density at radius 1 is 0.967 bits per heavy atom. The molecule has 0 saturated carbocycles. The number of benzene rings is 1. The van der Waals surface area contributed by atoms with Gasteiger partial charge in [-0.15, -0.1) is 0 Å². The van der Waals surface area contributed by atoms with E-state index in [9.17, 15) is 4.39 Å². The average molecular weight is 400 g/mol. The summed E-state index contributed by atoms with van der Waals surface area (Å²) in [7, 11) is 1.91. The fraction of sp³-hybridized carbons (Fsp3) is 0.0909. The first kappa shape index (κ1) is 18.0. The summed E-state index contributed by atoms with van der Waals surface area (Å²) in [5, 5.41) is 3.32. The lowest BCUT2D eigenvalue weighted by Gasteiger charge is -2.07. The van der Waals surface area contributed by atoms with Crippen LogP contribution in [0, 0.1) is 12.7 Å². The smallest absolute Gasteiger partial charge is 0.191 e. The molecular formula is C22H17FN6O. The first-order chi connectivity index (χ1) is 14.6. The van der Waals surface area contributed by atoms with Gasteiger partial charge in [0.25, 0.3) is 0 Å². The van der Waals surface area contributed by atoms with E-state index < -0.39 is 0 Å². The summed E-state index contributed by atoms with van der Waals surface area (Å²) in [5.41, 5.74) is 4.70. The lowest BCUT2D eigenvalue weighted by Crippen LogP contribution is -1.95. The van der Waals surface area contributed by atoms with Crippen LogP contribution < -0.4 is 5.32 Å². The zero-order valence-corrected chi connectivity index (χ0v) is 16.3. The van der Waals surface area contributed by atoms with Crippen LogP contribution in [-0.2, 0) is 7.05 Å². The minimum absolute atomic E-state index is 0.280. The quantitative estimate of drug-likeness (QED) is 0.463. The van der Waals surface area contributed by atoms with Crippen LogP contribution in [0.2, 0.25) is 0 Å². The van der Waals surface area contributed by atoms with Gasteiger partial charge < -0.3 is 14.3 Å². The van der Waals surface area contributed by atoms with E-state index in [4.69, 9.17) is 9.40 Å². The number of rotatable bonds is 4. The van der Waals surface area contributed by atoms with Crippen LogP contribution >= 0.6 is 0 Å². The van der Waals surface area contributed by atoms with Crippen LogP contribution in [0.4, 0.5) is 15.8 Å². The number of oxazole rings is 1. The first-order valence-corrected chi connectivity index (χ1v) is 9.31. The zero-order valence-electron chi connectivity index (χ0n) is 16.3. The van der Waals surface area contributed by atoms with Crippen LogP contribution in [-0.4, -0.2) is 24.5 Å². The predicted octanol–water partition coefficient (Wildman–Crippen LogP) is 4.88. The van der Waals surface area contributed by atoms with E-state index in [1.807, 2.05) is 23.7 Å². The summed E-state index contributed by atoms with van der Waals surface area (Å²) in [6.07, 6.45) is 6.85. The van der Waals surface area contributed by atoms with Gasteiger partial charge in [0.1, 0.15) is 22.9 Å². The summed E-state index contributed by atoms with van der Waals surface area (Å²) in [6.45, 7) is 1.79. The van der Waals surface area contributed by atoms with Crippen LogP contribution in [0.25, 0.3) is 33.9 Å². The monoisotopic (exact) mass is 400 g/mol. The number of aryl methyl sites for hydroxylation is 2. The molecule has 1 aromatic carbocycles. The molecule has 0 atom stereocenters. The molecule has 0 aliphatic heterocycles. The third-order valence-corrected chi connectivity index (χ3v) is 4.81. The molecule has 5 aromatic rings. The second-order valence-corrected chi connectivity index (χ2v) is 6.86. The van der Waals surface area contributed by atoms with Crippen molar-refractivity contribution < 1.29 is 8.81 Å². The Labute approximate surface area is 171 Å². The second-order valence-electron chi connectivity index (χ2n) is 6.86. The number of nitrogens with zero attached hydrogens (tertiary/aromatic N) is 5. The van der Waals surface area contributed by atoms with Crippen molar-refractivity contribution in [2.75, 3.05) is 5.32 Å². The van der Waals surface area contributed by atoms with E-state index in [0.717, 1.165) is 33.8 Å². The highest BCUT2D eigenvalue weighted by Crippen LogP contribution is 2.29. The van der Waals surface area contributed by atoms with E-state index in [-0.39, 0.29) is 5.82 Å². The van der Waals surface area contributed by atoms with Crippen molar-refractivity contribution in [2.45, 2.75) is 6.92 Å². The molecule has 30 heavy (non-hydrogen) atoms. The van der Waals surface area contributed by atoms with Gasteiger partial charge in [-0.1, -0.05) is 0 Å². The lowest BCUT2D eigenvalue weighted by atomic mass is 10.2. The topological polar surface area (TPSA) is 81.7 Å². The number of imidazole rings is 1. The van der Waals surface area contributed by atoms with Crippen molar-refractivity contribution in [2.24, 2.45) is 7.05 Å². The standard InChI is InChI=1S/C22H17FN6O/c1-13-25-12-20(30-13)17-8-7-16(9-26-17)27-18-10-24-11-19-21(18)28-22(29(19)2)14-3-5-15(23)6-4-14/h3-12,27H,1-2H3. The van der Waals surface area contributed by atoms with Gasteiger partial charge in [0, 0.05) is 19.5 Å². The molecule has 0 bridgehead atoms. The third kappa shape index (κ3) is 3.18. The summed E-state index contributed by atoms with van der Waals surface area (Å²) in [4.78, 5) is 17.6. The number of pyridine rings is 2. The molecule has 148 valence electrons. The Balaban J connectivity index is 1.49. The van der Waals surface area contributed by atoms with Crippen molar-refractivity contribution in [1.82, 2.24) is 24.5 Å². The Hall–Kier alpha value is -4.07. The molecule has 0 fully saturated rings. The van der Waals surface area contributed by atoms with E-state index >= 15 is 0 Å². The van der Waals surface area contributed by atoms with Crippen LogP contribution in [0.3, 0.4) is 0 Å². The van der Waals surface area contributed by atoms with Gasteiger partial charge in [0.2, 0.25) is 0 Å². The summed E-state index contributed by atoms with van der Waals surface area (Å²) >= 11 is 0. The Kier molecular flexibility index (Phi) is 4.24. The zero-order chi connectivity index (χ0) is 20.7. The Bertz CT molecular complexity index is 1340. The van der Waals surface area contributed by atoms with Gasteiger partial charge in [-0.3, -0.25) is 9.97 Å². The maximum atomic E-state index is 13.3. The summed E-state index contributed by atoms with van der Waals surface area (Å²) < 4.78 is 20.7. The highest BCUT2D eigenvalue weighted by Gasteiger charge is 2.14. The SMILES string of the molecule is Cc1ncc(-c2ccc(Nc3cncc4c3nc(-c3ccc(F)cc3)n4C)cn2)o1. The normalized spacial score (nSPS) is 11.2. The molecule has 0 aliphatic rings. The molecule has 0 unspecified atom stereocenters.